The number of nitrogens with zero attached hydrogens (tertiary/aromatic N) is 2. The van der Waals surface area contributed by atoms with E-state index in [1.165, 1.54) is 13.1 Å². The van der Waals surface area contributed by atoms with Crippen molar-refractivity contribution >= 4 is 22.8 Å². The Morgan fingerprint density at radius 3 is 2.41 bits per heavy atom. The lowest BCUT2D eigenvalue weighted by atomic mass is 10.3. The number of carbonyl (C=O) groups is 2. The highest BCUT2D eigenvalue weighted by Crippen LogP contribution is 2.08. The quantitative estimate of drug-likeness (QED) is 0.630. The molecule has 2 amide bonds. The summed E-state index contributed by atoms with van der Waals surface area (Å²) in [5.41, 5.74) is 1.76. The third-order valence-corrected chi connectivity index (χ3v) is 2.94. The van der Waals surface area contributed by atoms with E-state index < -0.39 is 0 Å². The second kappa shape index (κ2) is 8.04. The van der Waals surface area contributed by atoms with Crippen molar-refractivity contribution in [2.45, 2.75) is 6.92 Å². The molecular weight excluding hydrogens is 282 g/mol. The summed E-state index contributed by atoms with van der Waals surface area (Å²) in [4.78, 5) is 31.1. The van der Waals surface area contributed by atoms with Crippen LogP contribution in [0.5, 0.6) is 0 Å². The summed E-state index contributed by atoms with van der Waals surface area (Å²) < 4.78 is 0. The Kier molecular flexibility index (Phi) is 5.79. The van der Waals surface area contributed by atoms with E-state index in [4.69, 9.17) is 0 Å². The van der Waals surface area contributed by atoms with Gasteiger partial charge in [-0.2, -0.15) is 0 Å². The normalized spacial score (nSPS) is 10.4. The van der Waals surface area contributed by atoms with E-state index in [1.807, 2.05) is 24.3 Å². The largest absolute Gasteiger partial charge is 0.355 e. The fourth-order valence-electron chi connectivity index (χ4n) is 1.87. The number of hydrogen-bond donors (Lipinski definition) is 3. The molecular formula is C15H19N5O2. The first-order valence-corrected chi connectivity index (χ1v) is 7.12. The highest BCUT2D eigenvalue weighted by molar-refractivity contribution is 5.93. The van der Waals surface area contributed by atoms with Gasteiger partial charge >= 0.3 is 0 Å². The second-order valence-corrected chi connectivity index (χ2v) is 4.73. The van der Waals surface area contributed by atoms with Gasteiger partial charge in [0.1, 0.15) is 5.69 Å². The van der Waals surface area contributed by atoms with E-state index in [1.54, 1.807) is 0 Å². The fourth-order valence-corrected chi connectivity index (χ4v) is 1.87. The summed E-state index contributed by atoms with van der Waals surface area (Å²) in [6.07, 6.45) is 1.47. The molecule has 0 saturated heterocycles. The van der Waals surface area contributed by atoms with Crippen LogP contribution in [0.2, 0.25) is 0 Å². The van der Waals surface area contributed by atoms with Gasteiger partial charge < -0.3 is 16.0 Å². The van der Waals surface area contributed by atoms with Gasteiger partial charge in [-0.25, -0.2) is 4.98 Å². The van der Waals surface area contributed by atoms with Gasteiger partial charge in [-0.1, -0.05) is 12.1 Å². The molecule has 3 N–H and O–H groups in total. The minimum atomic E-state index is -0.248. The van der Waals surface area contributed by atoms with Crippen LogP contribution in [0.25, 0.3) is 11.0 Å². The van der Waals surface area contributed by atoms with Gasteiger partial charge in [0, 0.05) is 33.1 Å². The molecule has 22 heavy (non-hydrogen) atoms. The zero-order valence-corrected chi connectivity index (χ0v) is 12.4. The number of para-hydroxylation sites is 2. The number of rotatable bonds is 7. The average molecular weight is 301 g/mol. The Labute approximate surface area is 128 Å². The summed E-state index contributed by atoms with van der Waals surface area (Å²) in [6, 6.07) is 7.41. The van der Waals surface area contributed by atoms with E-state index in [0.717, 1.165) is 5.52 Å². The number of nitrogens with one attached hydrogen (secondary N) is 3. The molecule has 0 bridgehead atoms. The number of carbonyl (C=O) groups excluding carboxylic acids is 2. The molecule has 1 aromatic heterocycles. The van der Waals surface area contributed by atoms with Crippen LogP contribution in [0.15, 0.2) is 30.5 Å². The maximum absolute atomic E-state index is 12.0. The van der Waals surface area contributed by atoms with E-state index in [2.05, 4.69) is 25.9 Å². The maximum Gasteiger partial charge on any atom is 0.271 e. The molecule has 116 valence electrons. The Morgan fingerprint density at radius 2 is 1.68 bits per heavy atom. The van der Waals surface area contributed by atoms with Crippen LogP contribution in [0.3, 0.4) is 0 Å². The topological polar surface area (TPSA) is 96.0 Å². The molecule has 7 heteroatoms. The van der Waals surface area contributed by atoms with Crippen LogP contribution in [-0.4, -0.2) is 48.0 Å². The van der Waals surface area contributed by atoms with Gasteiger partial charge in [-0.15, -0.1) is 0 Å². The van der Waals surface area contributed by atoms with Gasteiger partial charge in [0.2, 0.25) is 5.91 Å². The predicted molar refractivity (Wildman–Crippen MR) is 83.4 cm³/mol. The smallest absolute Gasteiger partial charge is 0.271 e. The summed E-state index contributed by atoms with van der Waals surface area (Å²) in [5.74, 6) is -0.299. The summed E-state index contributed by atoms with van der Waals surface area (Å²) in [6.45, 7) is 3.80. The maximum atomic E-state index is 12.0. The van der Waals surface area contributed by atoms with E-state index in [-0.39, 0.29) is 11.8 Å². The first-order valence-electron chi connectivity index (χ1n) is 7.12. The summed E-state index contributed by atoms with van der Waals surface area (Å²) in [7, 11) is 0. The third kappa shape index (κ3) is 4.78. The molecule has 0 fully saturated rings. The van der Waals surface area contributed by atoms with Crippen LogP contribution in [0.4, 0.5) is 0 Å². The molecule has 0 aliphatic rings. The Balaban J connectivity index is 1.73. The number of amides is 2. The van der Waals surface area contributed by atoms with Crippen LogP contribution in [0, 0.1) is 0 Å². The molecule has 2 rings (SSSR count). The molecule has 1 heterocycles. The van der Waals surface area contributed by atoms with Gasteiger partial charge in [-0.3, -0.25) is 14.6 Å². The van der Waals surface area contributed by atoms with Crippen molar-refractivity contribution in [1.82, 2.24) is 25.9 Å². The minimum Gasteiger partial charge on any atom is -0.355 e. The van der Waals surface area contributed by atoms with Gasteiger partial charge in [-0.05, 0) is 12.1 Å². The lowest BCUT2D eigenvalue weighted by Crippen LogP contribution is -2.36. The van der Waals surface area contributed by atoms with Crippen molar-refractivity contribution in [2.24, 2.45) is 0 Å². The molecule has 2 aromatic rings. The minimum absolute atomic E-state index is 0.0509. The van der Waals surface area contributed by atoms with Crippen LogP contribution in [0.1, 0.15) is 17.4 Å². The number of benzene rings is 1. The van der Waals surface area contributed by atoms with Crippen molar-refractivity contribution in [3.8, 4) is 0 Å². The zero-order chi connectivity index (χ0) is 15.8. The van der Waals surface area contributed by atoms with Crippen molar-refractivity contribution < 1.29 is 9.59 Å². The molecule has 0 radical (unpaired) electrons. The molecule has 0 spiro atoms. The monoisotopic (exact) mass is 301 g/mol. The molecule has 0 atom stereocenters. The number of aromatic nitrogens is 2. The third-order valence-electron chi connectivity index (χ3n) is 2.94. The summed E-state index contributed by atoms with van der Waals surface area (Å²) in [5, 5.41) is 8.56. The molecule has 0 aliphatic carbocycles. The molecule has 0 aliphatic heterocycles. The van der Waals surface area contributed by atoms with Crippen molar-refractivity contribution in [1.29, 1.82) is 0 Å². The van der Waals surface area contributed by atoms with E-state index in [9.17, 15) is 9.59 Å². The molecule has 7 nitrogen and oxygen atoms in total. The lowest BCUT2D eigenvalue weighted by Gasteiger charge is -2.07. The molecule has 1 aromatic carbocycles. The Morgan fingerprint density at radius 1 is 1.00 bits per heavy atom. The summed E-state index contributed by atoms with van der Waals surface area (Å²) >= 11 is 0. The zero-order valence-electron chi connectivity index (χ0n) is 12.4. The van der Waals surface area contributed by atoms with E-state index >= 15 is 0 Å². The van der Waals surface area contributed by atoms with Crippen LogP contribution < -0.4 is 16.0 Å². The molecule has 0 saturated carbocycles. The van der Waals surface area contributed by atoms with Crippen LogP contribution >= 0.6 is 0 Å². The first kappa shape index (κ1) is 15.8. The SMILES string of the molecule is CC(=O)NCCNCCNC(=O)c1cnc2ccccc2n1. The van der Waals surface area contributed by atoms with Crippen LogP contribution in [-0.2, 0) is 4.79 Å². The van der Waals surface area contributed by atoms with E-state index in [0.29, 0.717) is 37.4 Å². The van der Waals surface area contributed by atoms with Gasteiger partial charge in [0.25, 0.3) is 5.91 Å². The van der Waals surface area contributed by atoms with Crippen molar-refractivity contribution in [2.75, 3.05) is 26.2 Å². The van der Waals surface area contributed by atoms with Crippen molar-refractivity contribution in [3.05, 3.63) is 36.2 Å². The Bertz CT molecular complexity index is 659. The first-order chi connectivity index (χ1) is 10.7. The lowest BCUT2D eigenvalue weighted by molar-refractivity contribution is -0.118. The second-order valence-electron chi connectivity index (χ2n) is 4.73. The Hall–Kier alpha value is -2.54. The molecule has 0 unspecified atom stereocenters. The van der Waals surface area contributed by atoms with Crippen molar-refractivity contribution in [3.63, 3.8) is 0 Å². The predicted octanol–water partition coefficient (Wildman–Crippen LogP) is 0.0853. The number of fused-ring (bicyclic) bond motifs is 1. The van der Waals surface area contributed by atoms with Gasteiger partial charge in [0.15, 0.2) is 0 Å². The highest BCUT2D eigenvalue weighted by atomic mass is 16.2. The highest BCUT2D eigenvalue weighted by Gasteiger charge is 2.07. The van der Waals surface area contributed by atoms with Gasteiger partial charge in [0.05, 0.1) is 17.2 Å². The standard InChI is InChI=1S/C15H19N5O2/c1-11(21)17-8-6-16-7-9-18-15(22)14-10-19-12-4-2-3-5-13(12)20-14/h2-5,10,16H,6-9H2,1H3,(H,17,21)(H,18,22). The average Bonchev–Trinajstić information content (AvgIpc) is 2.53. The number of hydrogen-bond acceptors (Lipinski definition) is 5. The fraction of sp³-hybridized carbons (Fsp3) is 0.333.